The predicted octanol–water partition coefficient (Wildman–Crippen LogP) is 3.54. The van der Waals surface area contributed by atoms with Crippen LogP contribution in [-0.2, 0) is 0 Å². The zero-order valence-corrected chi connectivity index (χ0v) is 12.2. The van der Waals surface area contributed by atoms with E-state index in [1.165, 1.54) is 12.1 Å². The second kappa shape index (κ2) is 5.91. The molecule has 3 heteroatoms. The summed E-state index contributed by atoms with van der Waals surface area (Å²) < 4.78 is 19.5. The topological polar surface area (TPSA) is 21.3 Å². The molecule has 0 bridgehead atoms. The monoisotopic (exact) mass is 265 g/mol. The summed E-state index contributed by atoms with van der Waals surface area (Å²) in [5.41, 5.74) is 0.988. The molecule has 0 radical (unpaired) electrons. The van der Waals surface area contributed by atoms with E-state index in [2.05, 4.69) is 19.2 Å². The fourth-order valence-electron chi connectivity index (χ4n) is 3.16. The summed E-state index contributed by atoms with van der Waals surface area (Å²) in [6.07, 6.45) is 2.39. The zero-order chi connectivity index (χ0) is 14.0. The highest BCUT2D eigenvalue weighted by molar-refractivity contribution is 5.33. The van der Waals surface area contributed by atoms with Crippen LogP contribution < -0.4 is 10.1 Å². The quantitative estimate of drug-likeness (QED) is 0.902. The first-order valence-corrected chi connectivity index (χ1v) is 7.11. The maximum absolute atomic E-state index is 13.3. The summed E-state index contributed by atoms with van der Waals surface area (Å²) in [5.74, 6) is 1.62. The van der Waals surface area contributed by atoms with Crippen LogP contribution in [0.1, 0.15) is 32.3 Å². The van der Waals surface area contributed by atoms with Crippen LogP contribution in [0.4, 0.5) is 4.39 Å². The maximum Gasteiger partial charge on any atom is 0.126 e. The third kappa shape index (κ3) is 3.27. The SMILES string of the molecule is CNC1CC(C)CC(C)C1Oc1cc(F)ccc1C. The number of rotatable bonds is 3. The minimum atomic E-state index is -0.238. The van der Waals surface area contributed by atoms with Crippen molar-refractivity contribution < 1.29 is 9.13 Å². The summed E-state index contributed by atoms with van der Waals surface area (Å²) in [5, 5.41) is 3.35. The molecule has 1 aliphatic carbocycles. The van der Waals surface area contributed by atoms with Crippen molar-refractivity contribution in [2.24, 2.45) is 11.8 Å². The number of halogens is 1. The van der Waals surface area contributed by atoms with Crippen molar-refractivity contribution in [3.8, 4) is 5.75 Å². The molecule has 1 aromatic rings. The second-order valence-electron chi connectivity index (χ2n) is 5.94. The Bertz CT molecular complexity index is 435. The lowest BCUT2D eigenvalue weighted by atomic mass is 9.78. The van der Waals surface area contributed by atoms with E-state index in [0.717, 1.165) is 18.4 Å². The number of ether oxygens (including phenoxy) is 1. The molecule has 4 atom stereocenters. The lowest BCUT2D eigenvalue weighted by molar-refractivity contribution is 0.0499. The van der Waals surface area contributed by atoms with Crippen molar-refractivity contribution in [2.45, 2.75) is 45.8 Å². The standard InChI is InChI=1S/C16H24FNO/c1-10-7-12(3)16(14(8-10)18-4)19-15-9-13(17)6-5-11(15)2/h5-6,9-10,12,14,16,18H,7-8H2,1-4H3. The average molecular weight is 265 g/mol. The van der Waals surface area contributed by atoms with Crippen molar-refractivity contribution in [1.82, 2.24) is 5.32 Å². The van der Waals surface area contributed by atoms with Crippen LogP contribution in [0.2, 0.25) is 0 Å². The fraction of sp³-hybridized carbons (Fsp3) is 0.625. The van der Waals surface area contributed by atoms with E-state index in [-0.39, 0.29) is 11.9 Å². The molecule has 1 aliphatic rings. The summed E-state index contributed by atoms with van der Waals surface area (Å²) in [6, 6.07) is 5.08. The molecular formula is C16H24FNO. The molecule has 0 saturated heterocycles. The number of hydrogen-bond acceptors (Lipinski definition) is 2. The van der Waals surface area contributed by atoms with Gasteiger partial charge in [0.25, 0.3) is 0 Å². The highest BCUT2D eigenvalue weighted by Crippen LogP contribution is 2.33. The number of hydrogen-bond donors (Lipinski definition) is 1. The lowest BCUT2D eigenvalue weighted by Crippen LogP contribution is -2.49. The number of benzene rings is 1. The van der Waals surface area contributed by atoms with Gasteiger partial charge in [-0.2, -0.15) is 0 Å². The molecule has 0 heterocycles. The molecule has 0 amide bonds. The van der Waals surface area contributed by atoms with E-state index >= 15 is 0 Å². The van der Waals surface area contributed by atoms with E-state index in [1.54, 1.807) is 6.07 Å². The molecule has 1 fully saturated rings. The molecule has 106 valence electrons. The van der Waals surface area contributed by atoms with Crippen LogP contribution in [0.3, 0.4) is 0 Å². The summed E-state index contributed by atoms with van der Waals surface area (Å²) >= 11 is 0. The first-order chi connectivity index (χ1) is 9.01. The van der Waals surface area contributed by atoms with Crippen LogP contribution in [0.25, 0.3) is 0 Å². The summed E-state index contributed by atoms with van der Waals surface area (Å²) in [4.78, 5) is 0. The molecule has 0 aromatic heterocycles. The van der Waals surface area contributed by atoms with Gasteiger partial charge in [-0.15, -0.1) is 0 Å². The van der Waals surface area contributed by atoms with Gasteiger partial charge in [0.1, 0.15) is 17.7 Å². The molecule has 1 saturated carbocycles. The first kappa shape index (κ1) is 14.3. The van der Waals surface area contributed by atoms with Gasteiger partial charge in [-0.05, 0) is 50.3 Å². The molecule has 0 spiro atoms. The minimum Gasteiger partial charge on any atom is -0.488 e. The van der Waals surface area contributed by atoms with Gasteiger partial charge in [0.05, 0.1) is 0 Å². The normalized spacial score (nSPS) is 31.2. The fourth-order valence-corrected chi connectivity index (χ4v) is 3.16. The van der Waals surface area contributed by atoms with E-state index < -0.39 is 0 Å². The molecule has 19 heavy (non-hydrogen) atoms. The van der Waals surface area contributed by atoms with Crippen LogP contribution >= 0.6 is 0 Å². The van der Waals surface area contributed by atoms with Crippen LogP contribution in [0, 0.1) is 24.6 Å². The lowest BCUT2D eigenvalue weighted by Gasteiger charge is -2.39. The van der Waals surface area contributed by atoms with Gasteiger partial charge in [0.15, 0.2) is 0 Å². The summed E-state index contributed by atoms with van der Waals surface area (Å²) in [7, 11) is 1.98. The van der Waals surface area contributed by atoms with Crippen molar-refractivity contribution in [3.63, 3.8) is 0 Å². The van der Waals surface area contributed by atoms with Crippen molar-refractivity contribution in [1.29, 1.82) is 0 Å². The Morgan fingerprint density at radius 1 is 1.26 bits per heavy atom. The smallest absolute Gasteiger partial charge is 0.126 e. The van der Waals surface area contributed by atoms with Gasteiger partial charge >= 0.3 is 0 Å². The van der Waals surface area contributed by atoms with Gasteiger partial charge in [0.2, 0.25) is 0 Å². The van der Waals surface area contributed by atoms with Crippen molar-refractivity contribution >= 4 is 0 Å². The summed E-state index contributed by atoms with van der Waals surface area (Å²) in [6.45, 7) is 6.46. The average Bonchev–Trinajstić information content (AvgIpc) is 2.36. The van der Waals surface area contributed by atoms with E-state index in [1.807, 2.05) is 14.0 Å². The zero-order valence-electron chi connectivity index (χ0n) is 12.2. The largest absolute Gasteiger partial charge is 0.488 e. The van der Waals surface area contributed by atoms with Crippen molar-refractivity contribution in [2.75, 3.05) is 7.05 Å². The Kier molecular flexibility index (Phi) is 4.46. The third-order valence-corrected chi connectivity index (χ3v) is 4.17. The molecule has 0 aliphatic heterocycles. The highest BCUT2D eigenvalue weighted by Gasteiger charge is 2.35. The maximum atomic E-state index is 13.3. The molecule has 2 rings (SSSR count). The van der Waals surface area contributed by atoms with E-state index in [4.69, 9.17) is 4.74 Å². The van der Waals surface area contributed by atoms with Gasteiger partial charge < -0.3 is 10.1 Å². The van der Waals surface area contributed by atoms with E-state index in [9.17, 15) is 4.39 Å². The Hall–Kier alpha value is -1.09. The van der Waals surface area contributed by atoms with Crippen molar-refractivity contribution in [3.05, 3.63) is 29.6 Å². The van der Waals surface area contributed by atoms with Gasteiger partial charge in [-0.1, -0.05) is 19.9 Å². The number of aryl methyl sites for hydroxylation is 1. The first-order valence-electron chi connectivity index (χ1n) is 7.11. The molecule has 4 unspecified atom stereocenters. The Morgan fingerprint density at radius 3 is 2.68 bits per heavy atom. The number of likely N-dealkylation sites (N-methyl/N-ethyl adjacent to an activating group) is 1. The van der Waals surface area contributed by atoms with Gasteiger partial charge in [-0.25, -0.2) is 4.39 Å². The van der Waals surface area contributed by atoms with Gasteiger partial charge in [-0.3, -0.25) is 0 Å². The second-order valence-corrected chi connectivity index (χ2v) is 5.94. The van der Waals surface area contributed by atoms with E-state index in [0.29, 0.717) is 23.6 Å². The highest BCUT2D eigenvalue weighted by atomic mass is 19.1. The molecule has 2 nitrogen and oxygen atoms in total. The van der Waals surface area contributed by atoms with Gasteiger partial charge in [0, 0.05) is 12.1 Å². The Balaban J connectivity index is 2.17. The minimum absolute atomic E-state index is 0.113. The Morgan fingerprint density at radius 2 is 2.00 bits per heavy atom. The predicted molar refractivity (Wildman–Crippen MR) is 76.0 cm³/mol. The Labute approximate surface area is 115 Å². The number of nitrogens with one attached hydrogen (secondary N) is 1. The molecule has 1 aromatic carbocycles. The molecule has 1 N–H and O–H groups in total. The molecular weight excluding hydrogens is 241 g/mol. The third-order valence-electron chi connectivity index (χ3n) is 4.17. The van der Waals surface area contributed by atoms with Crippen LogP contribution in [0.15, 0.2) is 18.2 Å². The van der Waals surface area contributed by atoms with Crippen LogP contribution in [0.5, 0.6) is 5.75 Å². The van der Waals surface area contributed by atoms with Crippen LogP contribution in [-0.4, -0.2) is 19.2 Å².